The molecule has 0 bridgehead atoms. The van der Waals surface area contributed by atoms with Gasteiger partial charge in [-0.15, -0.1) is 0 Å². The van der Waals surface area contributed by atoms with Crippen molar-refractivity contribution in [1.29, 1.82) is 0 Å². The number of hydrogen-bond acceptors (Lipinski definition) is 2. The van der Waals surface area contributed by atoms with Gasteiger partial charge >= 0.3 is 0 Å². The fourth-order valence-corrected chi connectivity index (χ4v) is 2.37. The van der Waals surface area contributed by atoms with Crippen LogP contribution in [0.25, 0.3) is 0 Å². The molecular formula is C14H28N2O. The summed E-state index contributed by atoms with van der Waals surface area (Å²) in [6.45, 7) is 6.24. The largest absolute Gasteiger partial charge is 0.353 e. The molecule has 1 saturated carbocycles. The van der Waals surface area contributed by atoms with Gasteiger partial charge in [0.15, 0.2) is 0 Å². The van der Waals surface area contributed by atoms with Gasteiger partial charge in [0.25, 0.3) is 0 Å². The minimum Gasteiger partial charge on any atom is -0.353 e. The molecule has 0 saturated heterocycles. The third-order valence-electron chi connectivity index (χ3n) is 3.62. The molecule has 1 fully saturated rings. The number of nitrogens with two attached hydrogens (primary N) is 1. The van der Waals surface area contributed by atoms with Crippen molar-refractivity contribution in [3.05, 3.63) is 0 Å². The van der Waals surface area contributed by atoms with E-state index in [0.29, 0.717) is 12.5 Å². The summed E-state index contributed by atoms with van der Waals surface area (Å²) in [6, 6.07) is 0.397. The van der Waals surface area contributed by atoms with Crippen molar-refractivity contribution in [3.63, 3.8) is 0 Å². The normalized spacial score (nSPS) is 26.4. The quantitative estimate of drug-likeness (QED) is 0.742. The maximum absolute atomic E-state index is 11.8. The molecular weight excluding hydrogens is 212 g/mol. The zero-order chi connectivity index (χ0) is 12.9. The van der Waals surface area contributed by atoms with Crippen molar-refractivity contribution in [1.82, 2.24) is 5.32 Å². The van der Waals surface area contributed by atoms with Gasteiger partial charge in [-0.25, -0.2) is 0 Å². The Kier molecular flexibility index (Phi) is 5.44. The van der Waals surface area contributed by atoms with Gasteiger partial charge in [-0.3, -0.25) is 4.79 Å². The fraction of sp³-hybridized carbons (Fsp3) is 0.929. The smallest absolute Gasteiger partial charge is 0.220 e. The van der Waals surface area contributed by atoms with E-state index in [9.17, 15) is 4.79 Å². The Balaban J connectivity index is 2.26. The van der Waals surface area contributed by atoms with Crippen LogP contribution in [0.1, 0.15) is 65.7 Å². The lowest BCUT2D eigenvalue weighted by atomic mass is 9.99. The zero-order valence-electron chi connectivity index (χ0n) is 11.6. The van der Waals surface area contributed by atoms with Crippen molar-refractivity contribution in [2.45, 2.75) is 77.3 Å². The number of rotatable bonds is 4. The molecule has 0 aromatic carbocycles. The highest BCUT2D eigenvalue weighted by Crippen LogP contribution is 2.22. The second kappa shape index (κ2) is 6.39. The van der Waals surface area contributed by atoms with E-state index in [4.69, 9.17) is 5.73 Å². The minimum absolute atomic E-state index is 0.170. The van der Waals surface area contributed by atoms with Crippen LogP contribution in [-0.2, 0) is 4.79 Å². The summed E-state index contributed by atoms with van der Waals surface area (Å²) in [5.74, 6) is 0.989. The summed E-state index contributed by atoms with van der Waals surface area (Å²) in [4.78, 5) is 11.8. The Hall–Kier alpha value is -0.570. The minimum atomic E-state index is -0.241. The third-order valence-corrected chi connectivity index (χ3v) is 3.62. The standard InChI is InChI=1S/C14H28N2O/c1-11-5-4-6-12(8-7-11)16-13(17)9-10-14(2,3)15/h11-12H,4-10,15H2,1-3H3,(H,16,17). The van der Waals surface area contributed by atoms with Crippen molar-refractivity contribution in [2.75, 3.05) is 0 Å². The lowest BCUT2D eigenvalue weighted by Crippen LogP contribution is -2.38. The van der Waals surface area contributed by atoms with Gasteiger partial charge in [-0.2, -0.15) is 0 Å². The molecule has 3 N–H and O–H groups in total. The monoisotopic (exact) mass is 240 g/mol. The molecule has 1 rings (SSSR count). The van der Waals surface area contributed by atoms with Crippen LogP contribution in [0, 0.1) is 5.92 Å². The van der Waals surface area contributed by atoms with Crippen LogP contribution < -0.4 is 11.1 Å². The van der Waals surface area contributed by atoms with Gasteiger partial charge < -0.3 is 11.1 Å². The summed E-state index contributed by atoms with van der Waals surface area (Å²) in [6.07, 6.45) is 7.38. The number of carbonyl (C=O) groups is 1. The number of nitrogens with one attached hydrogen (secondary N) is 1. The highest BCUT2D eigenvalue weighted by atomic mass is 16.1. The third kappa shape index (κ3) is 6.67. The summed E-state index contributed by atoms with van der Waals surface area (Å²) in [7, 11) is 0. The molecule has 0 radical (unpaired) electrons. The molecule has 1 amide bonds. The Morgan fingerprint density at radius 3 is 2.65 bits per heavy atom. The summed E-state index contributed by atoms with van der Waals surface area (Å²) in [5.41, 5.74) is 5.64. The van der Waals surface area contributed by atoms with Gasteiger partial charge in [0, 0.05) is 18.0 Å². The molecule has 0 aromatic heterocycles. The predicted molar refractivity (Wildman–Crippen MR) is 71.7 cm³/mol. The van der Waals surface area contributed by atoms with Crippen molar-refractivity contribution >= 4 is 5.91 Å². The Morgan fingerprint density at radius 1 is 1.29 bits per heavy atom. The van der Waals surface area contributed by atoms with E-state index in [1.165, 1.54) is 19.3 Å². The van der Waals surface area contributed by atoms with E-state index in [-0.39, 0.29) is 11.4 Å². The molecule has 1 aliphatic rings. The molecule has 1 aliphatic carbocycles. The number of carbonyl (C=O) groups excluding carboxylic acids is 1. The van der Waals surface area contributed by atoms with E-state index < -0.39 is 0 Å². The molecule has 0 aromatic rings. The number of amides is 1. The van der Waals surface area contributed by atoms with E-state index >= 15 is 0 Å². The van der Waals surface area contributed by atoms with Crippen LogP contribution in [0.5, 0.6) is 0 Å². The van der Waals surface area contributed by atoms with E-state index in [1.54, 1.807) is 0 Å². The Labute approximate surface area is 106 Å². The van der Waals surface area contributed by atoms with Crippen LogP contribution in [0.4, 0.5) is 0 Å². The lowest BCUT2D eigenvalue weighted by Gasteiger charge is -2.20. The molecule has 0 spiro atoms. The SMILES string of the molecule is CC1CCCC(NC(=O)CCC(C)(C)N)CC1. The van der Waals surface area contributed by atoms with Crippen LogP contribution in [-0.4, -0.2) is 17.5 Å². The average Bonchev–Trinajstić information content (AvgIpc) is 2.40. The van der Waals surface area contributed by atoms with Gasteiger partial charge in [-0.05, 0) is 45.4 Å². The second-order valence-electron chi connectivity index (χ2n) is 6.37. The predicted octanol–water partition coefficient (Wildman–Crippen LogP) is 2.59. The van der Waals surface area contributed by atoms with Gasteiger partial charge in [-0.1, -0.05) is 19.8 Å². The Bertz CT molecular complexity index is 245. The maximum atomic E-state index is 11.8. The second-order valence-corrected chi connectivity index (χ2v) is 6.37. The summed E-state index contributed by atoms with van der Waals surface area (Å²) in [5, 5.41) is 3.16. The molecule has 2 unspecified atom stereocenters. The topological polar surface area (TPSA) is 55.1 Å². The van der Waals surface area contributed by atoms with E-state index in [0.717, 1.165) is 25.2 Å². The van der Waals surface area contributed by atoms with Crippen molar-refractivity contribution in [3.8, 4) is 0 Å². The Morgan fingerprint density at radius 2 is 2.00 bits per heavy atom. The maximum Gasteiger partial charge on any atom is 0.220 e. The first-order valence-electron chi connectivity index (χ1n) is 6.95. The molecule has 17 heavy (non-hydrogen) atoms. The molecule has 3 heteroatoms. The zero-order valence-corrected chi connectivity index (χ0v) is 11.6. The van der Waals surface area contributed by atoms with Crippen LogP contribution in [0.15, 0.2) is 0 Å². The van der Waals surface area contributed by atoms with Crippen LogP contribution >= 0.6 is 0 Å². The van der Waals surface area contributed by atoms with Crippen molar-refractivity contribution < 1.29 is 4.79 Å². The van der Waals surface area contributed by atoms with Crippen LogP contribution in [0.2, 0.25) is 0 Å². The van der Waals surface area contributed by atoms with E-state index in [2.05, 4.69) is 12.2 Å². The van der Waals surface area contributed by atoms with Crippen molar-refractivity contribution in [2.24, 2.45) is 11.7 Å². The molecule has 3 nitrogen and oxygen atoms in total. The highest BCUT2D eigenvalue weighted by molar-refractivity contribution is 5.76. The molecule has 100 valence electrons. The van der Waals surface area contributed by atoms with Gasteiger partial charge in [0.2, 0.25) is 5.91 Å². The summed E-state index contributed by atoms with van der Waals surface area (Å²) >= 11 is 0. The molecule has 2 atom stereocenters. The first-order valence-corrected chi connectivity index (χ1v) is 6.95. The van der Waals surface area contributed by atoms with E-state index in [1.807, 2.05) is 13.8 Å². The van der Waals surface area contributed by atoms with Gasteiger partial charge in [0.1, 0.15) is 0 Å². The highest BCUT2D eigenvalue weighted by Gasteiger charge is 2.19. The average molecular weight is 240 g/mol. The summed E-state index contributed by atoms with van der Waals surface area (Å²) < 4.78 is 0. The lowest BCUT2D eigenvalue weighted by molar-refractivity contribution is -0.122. The first-order chi connectivity index (χ1) is 7.87. The number of hydrogen-bond donors (Lipinski definition) is 2. The van der Waals surface area contributed by atoms with Crippen LogP contribution in [0.3, 0.4) is 0 Å². The first kappa shape index (κ1) is 14.5. The molecule has 0 heterocycles. The van der Waals surface area contributed by atoms with Gasteiger partial charge in [0.05, 0.1) is 0 Å². The fourth-order valence-electron chi connectivity index (χ4n) is 2.37. The molecule has 0 aliphatic heterocycles.